The SMILES string of the molecule is Cl.O.O.O.O.O.O.O.O.O=S(=O)(O)O.[CaH2].[MgH2]. The minimum Gasteiger partial charge on any atom is 0.316 e. The third kappa shape index (κ3) is 1010. The molecule has 0 saturated heterocycles. The molecule has 0 saturated carbocycles. The maximum absolute atomic E-state index is 8.74. The van der Waals surface area contributed by atoms with E-state index in [1.54, 1.807) is 0 Å². The van der Waals surface area contributed by atoms with Crippen molar-refractivity contribution in [1.29, 1.82) is 0 Å². The first-order chi connectivity index (χ1) is 2.00. The van der Waals surface area contributed by atoms with Crippen molar-refractivity contribution in [2.45, 2.75) is 0 Å². The van der Waals surface area contributed by atoms with E-state index in [0.717, 1.165) is 0 Å². The van der Waals surface area contributed by atoms with Gasteiger partial charge in [0.1, 0.15) is 0 Å². The maximum atomic E-state index is 8.74. The Balaban J connectivity index is -0.00000000145. The van der Waals surface area contributed by atoms with Crippen LogP contribution in [0.3, 0.4) is 0 Å². The van der Waals surface area contributed by atoms with Crippen LogP contribution >= 0.6 is 12.4 Å². The maximum Gasteiger partial charge on any atom is 0.316 e. The number of halogens is 1. The second kappa shape index (κ2) is 68.6. The fourth-order valence-electron chi connectivity index (χ4n) is 0. The van der Waals surface area contributed by atoms with Gasteiger partial charge >= 0.3 is 71.2 Å². The molecule has 112 valence electrons. The van der Waals surface area contributed by atoms with Crippen LogP contribution in [0.4, 0.5) is 0 Å². The topological polar surface area (TPSA) is 327 Å². The van der Waals surface area contributed by atoms with Crippen LogP contribution in [0.25, 0.3) is 0 Å². The van der Waals surface area contributed by atoms with Crippen molar-refractivity contribution in [2.24, 2.45) is 0 Å². The molecule has 0 spiro atoms. The van der Waals surface area contributed by atoms with Gasteiger partial charge in [0.05, 0.1) is 0 Å². The molecule has 0 aromatic heterocycles. The predicted molar refractivity (Wildman–Crippen MR) is 67.4 cm³/mol. The third-order valence-electron chi connectivity index (χ3n) is 0. The Bertz CT molecular complexity index is 104. The first-order valence-electron chi connectivity index (χ1n) is 0.698. The van der Waals surface area contributed by atoms with E-state index in [0.29, 0.717) is 0 Å². The van der Waals surface area contributed by atoms with Gasteiger partial charge in [0.15, 0.2) is 0 Å². The van der Waals surface area contributed by atoms with Gasteiger partial charge < -0.3 is 43.8 Å². The molecule has 0 unspecified atom stereocenters. The molecule has 0 heterocycles. The minimum absolute atomic E-state index is 0. The number of hydrogen-bond donors (Lipinski definition) is 2. The summed E-state index contributed by atoms with van der Waals surface area (Å²) < 4.78 is 31.6. The summed E-state index contributed by atoms with van der Waals surface area (Å²) in [6.07, 6.45) is 0. The van der Waals surface area contributed by atoms with Crippen LogP contribution in [0.5, 0.6) is 0 Å². The second-order valence-corrected chi connectivity index (χ2v) is 1.34. The molecular formula is H23CaClMgO12S. The van der Waals surface area contributed by atoms with Crippen LogP contribution in [0, 0.1) is 0 Å². The Labute approximate surface area is 143 Å². The van der Waals surface area contributed by atoms with Gasteiger partial charge in [-0.15, -0.1) is 12.4 Å². The monoisotopic (exact) mass is 346 g/mol. The van der Waals surface area contributed by atoms with E-state index in [4.69, 9.17) is 17.5 Å². The standard InChI is InChI=1S/Ca.ClH.Mg.H2O4S.8H2O.4H/c;;;1-5(2,3)4;;;;;;;;;;;;/h;1H;;(H2,1,2,3,4);8*1H2;;;;. The minimum atomic E-state index is -4.67. The summed E-state index contributed by atoms with van der Waals surface area (Å²) in [4.78, 5) is 0. The zero-order valence-electron chi connectivity index (χ0n) is 6.53. The van der Waals surface area contributed by atoms with Crippen molar-refractivity contribution in [3.05, 3.63) is 0 Å². The van der Waals surface area contributed by atoms with Crippen LogP contribution in [-0.2, 0) is 10.4 Å². The van der Waals surface area contributed by atoms with Gasteiger partial charge in [-0.25, -0.2) is 0 Å². The van der Waals surface area contributed by atoms with Crippen molar-refractivity contribution in [3.63, 3.8) is 0 Å². The summed E-state index contributed by atoms with van der Waals surface area (Å²) in [7, 11) is -4.67. The van der Waals surface area contributed by atoms with Crippen molar-refractivity contribution >= 4 is 83.6 Å². The Morgan fingerprint density at radius 3 is 0.625 bits per heavy atom. The molecule has 0 bridgehead atoms. The molecule has 0 fully saturated rings. The van der Waals surface area contributed by atoms with Crippen LogP contribution in [0.1, 0.15) is 0 Å². The van der Waals surface area contributed by atoms with E-state index in [1.165, 1.54) is 0 Å². The van der Waals surface area contributed by atoms with E-state index in [9.17, 15) is 0 Å². The summed E-state index contributed by atoms with van der Waals surface area (Å²) in [6, 6.07) is 0. The average Bonchev–Trinajstić information content (AvgIpc) is 0.722. The molecule has 16 heavy (non-hydrogen) atoms. The second-order valence-electron chi connectivity index (χ2n) is 0.448. The molecule has 0 aromatic rings. The summed E-state index contributed by atoms with van der Waals surface area (Å²) in [6.45, 7) is 0. The average molecular weight is 347 g/mol. The Kier molecular flexibility index (Phi) is 633. The molecule has 0 amide bonds. The molecule has 18 N–H and O–H groups in total. The molecular weight excluding hydrogens is 324 g/mol. The van der Waals surface area contributed by atoms with Crippen LogP contribution < -0.4 is 0 Å². The predicted octanol–water partition coefficient (Wildman–Crippen LogP) is -8.66. The Morgan fingerprint density at radius 1 is 0.625 bits per heavy atom. The van der Waals surface area contributed by atoms with Crippen molar-refractivity contribution in [1.82, 2.24) is 0 Å². The molecule has 0 rings (SSSR count). The quantitative estimate of drug-likeness (QED) is 0.318. The zero-order chi connectivity index (χ0) is 4.50. The van der Waals surface area contributed by atoms with Crippen LogP contribution in [0.2, 0.25) is 0 Å². The molecule has 12 nitrogen and oxygen atoms in total. The van der Waals surface area contributed by atoms with Gasteiger partial charge in [-0.05, 0) is 0 Å². The zero-order valence-corrected chi connectivity index (χ0v) is 8.16. The first kappa shape index (κ1) is 148. The fourth-order valence-corrected chi connectivity index (χ4v) is 0. The first-order valence-corrected chi connectivity index (χ1v) is 2.10. The third-order valence-corrected chi connectivity index (χ3v) is 0. The van der Waals surface area contributed by atoms with E-state index >= 15 is 0 Å². The van der Waals surface area contributed by atoms with Crippen LogP contribution in [-0.4, -0.2) is 122 Å². The molecule has 0 aromatic carbocycles. The summed E-state index contributed by atoms with van der Waals surface area (Å²) in [5, 5.41) is 0. The van der Waals surface area contributed by atoms with Gasteiger partial charge in [0.2, 0.25) is 0 Å². The summed E-state index contributed by atoms with van der Waals surface area (Å²) in [5.74, 6) is 0. The molecule has 0 atom stereocenters. The largest absolute Gasteiger partial charge is 0.316 e. The molecule has 0 aliphatic carbocycles. The smallest absolute Gasteiger partial charge is 0.316 e. The van der Waals surface area contributed by atoms with Gasteiger partial charge in [0.25, 0.3) is 0 Å². The Morgan fingerprint density at radius 2 is 0.625 bits per heavy atom. The van der Waals surface area contributed by atoms with Gasteiger partial charge in [-0.2, -0.15) is 8.42 Å². The fraction of sp³-hybridized carbons (Fsp3) is 0. The van der Waals surface area contributed by atoms with Gasteiger partial charge in [0, 0.05) is 0 Å². The number of hydrogen-bond acceptors (Lipinski definition) is 2. The van der Waals surface area contributed by atoms with E-state index < -0.39 is 10.4 Å². The normalized spacial score (nSPS) is 3.62. The Hall–Kier alpha value is 1.87. The molecule has 0 aliphatic rings. The summed E-state index contributed by atoms with van der Waals surface area (Å²) >= 11 is 0. The van der Waals surface area contributed by atoms with E-state index in [2.05, 4.69) is 0 Å². The van der Waals surface area contributed by atoms with E-state index in [-0.39, 0.29) is 117 Å². The molecule has 0 radical (unpaired) electrons. The van der Waals surface area contributed by atoms with E-state index in [1.807, 2.05) is 0 Å². The summed E-state index contributed by atoms with van der Waals surface area (Å²) in [5.41, 5.74) is 0. The number of rotatable bonds is 0. The molecule has 16 heteroatoms. The molecule has 0 aliphatic heterocycles. The van der Waals surface area contributed by atoms with Crippen LogP contribution in [0.15, 0.2) is 0 Å². The van der Waals surface area contributed by atoms with Gasteiger partial charge in [-0.1, -0.05) is 0 Å². The van der Waals surface area contributed by atoms with Crippen molar-refractivity contribution < 1.29 is 61.3 Å². The van der Waals surface area contributed by atoms with Crippen molar-refractivity contribution in [3.8, 4) is 0 Å². The van der Waals surface area contributed by atoms with Gasteiger partial charge in [-0.3, -0.25) is 9.11 Å². The van der Waals surface area contributed by atoms with Crippen molar-refractivity contribution in [2.75, 3.05) is 0 Å².